The molecule has 22 heavy (non-hydrogen) atoms. The zero-order valence-electron chi connectivity index (χ0n) is 13.8. The van der Waals surface area contributed by atoms with Crippen molar-refractivity contribution in [1.82, 2.24) is 10.2 Å². The first-order chi connectivity index (χ1) is 10.5. The Morgan fingerprint density at radius 1 is 1.18 bits per heavy atom. The lowest BCUT2D eigenvalue weighted by atomic mass is 9.79. The number of rotatable bonds is 3. The average Bonchev–Trinajstić information content (AvgIpc) is 3.17. The number of likely N-dealkylation sites (tertiary alicyclic amines) is 1. The minimum absolute atomic E-state index is 0.128. The molecule has 0 aromatic rings. The van der Waals surface area contributed by atoms with E-state index in [4.69, 9.17) is 0 Å². The van der Waals surface area contributed by atoms with E-state index in [0.717, 1.165) is 23.7 Å². The summed E-state index contributed by atoms with van der Waals surface area (Å²) in [6.45, 7) is 4.65. The van der Waals surface area contributed by atoms with Gasteiger partial charge >= 0.3 is 0 Å². The van der Waals surface area contributed by atoms with Crippen LogP contribution in [0.15, 0.2) is 0 Å². The highest BCUT2D eigenvalue weighted by Crippen LogP contribution is 2.58. The summed E-state index contributed by atoms with van der Waals surface area (Å²) in [5.74, 6) is 3.56. The Balaban J connectivity index is 1.37. The fourth-order valence-electron chi connectivity index (χ4n) is 5.94. The van der Waals surface area contributed by atoms with Gasteiger partial charge in [-0.2, -0.15) is 0 Å². The Morgan fingerprint density at radius 2 is 1.95 bits per heavy atom. The van der Waals surface area contributed by atoms with Crippen molar-refractivity contribution in [3.8, 4) is 0 Å². The molecule has 0 aromatic carbocycles. The number of hydrogen-bond donors (Lipinski definition) is 1. The summed E-state index contributed by atoms with van der Waals surface area (Å²) in [6, 6.07) is 0.590. The van der Waals surface area contributed by atoms with Crippen LogP contribution in [-0.4, -0.2) is 35.3 Å². The predicted octanol–water partition coefficient (Wildman–Crippen LogP) is 2.18. The minimum Gasteiger partial charge on any atom is -0.353 e. The number of amides is 2. The summed E-state index contributed by atoms with van der Waals surface area (Å²) < 4.78 is 0. The van der Waals surface area contributed by atoms with Gasteiger partial charge < -0.3 is 10.2 Å². The Labute approximate surface area is 133 Å². The Morgan fingerprint density at radius 3 is 2.68 bits per heavy atom. The van der Waals surface area contributed by atoms with Crippen LogP contribution in [0.2, 0.25) is 0 Å². The third-order valence-electron chi connectivity index (χ3n) is 6.91. The van der Waals surface area contributed by atoms with Gasteiger partial charge in [0.25, 0.3) is 0 Å². The van der Waals surface area contributed by atoms with E-state index >= 15 is 0 Å². The van der Waals surface area contributed by atoms with Crippen LogP contribution in [0.5, 0.6) is 0 Å². The van der Waals surface area contributed by atoms with Crippen molar-refractivity contribution < 1.29 is 9.59 Å². The van der Waals surface area contributed by atoms with Gasteiger partial charge in [-0.3, -0.25) is 9.59 Å². The topological polar surface area (TPSA) is 49.4 Å². The second-order valence-electron chi connectivity index (χ2n) is 8.31. The normalized spacial score (nSPS) is 43.2. The first kappa shape index (κ1) is 14.5. The van der Waals surface area contributed by atoms with Crippen LogP contribution >= 0.6 is 0 Å². The molecular weight excluding hydrogens is 276 g/mol. The molecule has 4 rings (SSSR count). The van der Waals surface area contributed by atoms with E-state index in [1.165, 1.54) is 32.1 Å². The molecule has 4 nitrogen and oxygen atoms in total. The Bertz CT molecular complexity index is 489. The zero-order chi connectivity index (χ0) is 15.4. The molecule has 2 amide bonds. The SMILES string of the molecule is CC(C)N1C[C@H](C(=O)N[C@@H]2C[C@H]3C[C@H]2[C@@H]2CCC[C@H]32)CC1=O. The number of nitrogens with zero attached hydrogens (tertiary/aromatic N) is 1. The van der Waals surface area contributed by atoms with Crippen LogP contribution in [0.1, 0.15) is 52.4 Å². The number of fused-ring (bicyclic) bond motifs is 5. The number of hydrogen-bond acceptors (Lipinski definition) is 2. The molecular formula is C18H28N2O2. The van der Waals surface area contributed by atoms with Crippen molar-refractivity contribution >= 4 is 11.8 Å². The summed E-state index contributed by atoms with van der Waals surface area (Å²) in [6.07, 6.45) is 7.11. The molecule has 1 N–H and O–H groups in total. The van der Waals surface area contributed by atoms with Crippen molar-refractivity contribution in [2.75, 3.05) is 6.54 Å². The third-order valence-corrected chi connectivity index (χ3v) is 6.91. The first-order valence-corrected chi connectivity index (χ1v) is 9.14. The highest BCUT2D eigenvalue weighted by Gasteiger charge is 2.54. The maximum absolute atomic E-state index is 12.6. The van der Waals surface area contributed by atoms with Gasteiger partial charge in [0.15, 0.2) is 0 Å². The van der Waals surface area contributed by atoms with E-state index in [9.17, 15) is 9.59 Å². The molecule has 0 radical (unpaired) electrons. The Hall–Kier alpha value is -1.06. The summed E-state index contributed by atoms with van der Waals surface area (Å²) in [5, 5.41) is 3.33. The molecule has 1 heterocycles. The predicted molar refractivity (Wildman–Crippen MR) is 83.9 cm³/mol. The average molecular weight is 304 g/mol. The van der Waals surface area contributed by atoms with E-state index in [1.54, 1.807) is 0 Å². The second-order valence-corrected chi connectivity index (χ2v) is 8.31. The highest BCUT2D eigenvalue weighted by molar-refractivity contribution is 5.89. The fourth-order valence-corrected chi connectivity index (χ4v) is 5.94. The van der Waals surface area contributed by atoms with Crippen LogP contribution < -0.4 is 5.32 Å². The maximum Gasteiger partial charge on any atom is 0.225 e. The lowest BCUT2D eigenvalue weighted by Gasteiger charge is -2.32. The molecule has 3 saturated carbocycles. The van der Waals surface area contributed by atoms with E-state index in [0.29, 0.717) is 19.0 Å². The van der Waals surface area contributed by atoms with Crippen LogP contribution in [0, 0.1) is 29.6 Å². The van der Waals surface area contributed by atoms with Gasteiger partial charge in [0.2, 0.25) is 11.8 Å². The van der Waals surface area contributed by atoms with Gasteiger partial charge in [-0.25, -0.2) is 0 Å². The van der Waals surface area contributed by atoms with Crippen molar-refractivity contribution in [3.63, 3.8) is 0 Å². The molecule has 4 heteroatoms. The molecule has 1 saturated heterocycles. The lowest BCUT2D eigenvalue weighted by Crippen LogP contribution is -2.45. The van der Waals surface area contributed by atoms with Crippen LogP contribution in [-0.2, 0) is 9.59 Å². The van der Waals surface area contributed by atoms with E-state index in [-0.39, 0.29) is 23.8 Å². The molecule has 3 aliphatic carbocycles. The van der Waals surface area contributed by atoms with Crippen molar-refractivity contribution in [1.29, 1.82) is 0 Å². The molecule has 6 atom stereocenters. The molecule has 0 spiro atoms. The summed E-state index contributed by atoms with van der Waals surface area (Å²) in [5.41, 5.74) is 0. The lowest BCUT2D eigenvalue weighted by molar-refractivity contribution is -0.130. The third kappa shape index (κ3) is 2.17. The Kier molecular flexibility index (Phi) is 3.46. The van der Waals surface area contributed by atoms with Crippen LogP contribution in [0.3, 0.4) is 0 Å². The molecule has 0 aromatic heterocycles. The molecule has 4 fully saturated rings. The molecule has 0 unspecified atom stereocenters. The number of carbonyl (C=O) groups is 2. The molecule has 4 aliphatic rings. The fraction of sp³-hybridized carbons (Fsp3) is 0.889. The van der Waals surface area contributed by atoms with Gasteiger partial charge in [-0.05, 0) is 63.2 Å². The second kappa shape index (κ2) is 5.24. The van der Waals surface area contributed by atoms with Crippen LogP contribution in [0.4, 0.5) is 0 Å². The van der Waals surface area contributed by atoms with Gasteiger partial charge in [-0.15, -0.1) is 0 Å². The maximum atomic E-state index is 12.6. The van der Waals surface area contributed by atoms with E-state index in [1.807, 2.05) is 18.7 Å². The summed E-state index contributed by atoms with van der Waals surface area (Å²) in [7, 11) is 0. The molecule has 2 bridgehead atoms. The first-order valence-electron chi connectivity index (χ1n) is 9.14. The molecule has 122 valence electrons. The standard InChI is InChI=1S/C18H28N2O2/c1-10(2)20-9-12(8-17(20)21)18(22)19-16-7-11-6-15(16)14-5-3-4-13(11)14/h10-16H,3-9H2,1-2H3,(H,19,22)/t11-,12-,13-,14-,15+,16-/m1/s1. The quantitative estimate of drug-likeness (QED) is 0.869. The van der Waals surface area contributed by atoms with E-state index < -0.39 is 0 Å². The van der Waals surface area contributed by atoms with Crippen molar-refractivity contribution in [2.45, 2.75) is 64.5 Å². The van der Waals surface area contributed by atoms with E-state index in [2.05, 4.69) is 5.32 Å². The summed E-state index contributed by atoms with van der Waals surface area (Å²) in [4.78, 5) is 26.4. The van der Waals surface area contributed by atoms with Gasteiger partial charge in [0, 0.05) is 25.0 Å². The largest absolute Gasteiger partial charge is 0.353 e. The monoisotopic (exact) mass is 304 g/mol. The van der Waals surface area contributed by atoms with Crippen molar-refractivity contribution in [3.05, 3.63) is 0 Å². The van der Waals surface area contributed by atoms with Crippen LogP contribution in [0.25, 0.3) is 0 Å². The van der Waals surface area contributed by atoms with Crippen molar-refractivity contribution in [2.24, 2.45) is 29.6 Å². The van der Waals surface area contributed by atoms with Gasteiger partial charge in [0.05, 0.1) is 5.92 Å². The van der Waals surface area contributed by atoms with Gasteiger partial charge in [-0.1, -0.05) is 6.42 Å². The highest BCUT2D eigenvalue weighted by atomic mass is 16.2. The number of carbonyl (C=O) groups excluding carboxylic acids is 2. The molecule has 1 aliphatic heterocycles. The summed E-state index contributed by atoms with van der Waals surface area (Å²) >= 11 is 0. The number of nitrogens with one attached hydrogen (secondary N) is 1. The van der Waals surface area contributed by atoms with Gasteiger partial charge in [0.1, 0.15) is 0 Å². The zero-order valence-corrected chi connectivity index (χ0v) is 13.8. The smallest absolute Gasteiger partial charge is 0.225 e. The minimum atomic E-state index is -0.131.